The Labute approximate surface area is 146 Å². The number of rotatable bonds is 5. The number of aromatic nitrogens is 2. The van der Waals surface area contributed by atoms with Crippen LogP contribution in [-0.4, -0.2) is 36.1 Å². The molecule has 2 N–H and O–H groups in total. The average Bonchev–Trinajstić information content (AvgIpc) is 3.05. The van der Waals surface area contributed by atoms with E-state index in [1.807, 2.05) is 30.5 Å². The van der Waals surface area contributed by atoms with Crippen LogP contribution in [0.15, 0.2) is 53.8 Å². The Morgan fingerprint density at radius 1 is 1.12 bits per heavy atom. The maximum absolute atomic E-state index is 5.08. The minimum atomic E-state index is 0.629. The number of amidine groups is 1. The van der Waals surface area contributed by atoms with Crippen LogP contribution in [0.1, 0.15) is 11.3 Å². The van der Waals surface area contributed by atoms with Crippen LogP contribution >= 0.6 is 0 Å². The summed E-state index contributed by atoms with van der Waals surface area (Å²) in [4.78, 5) is 13.3. The normalized spacial score (nSPS) is 12.8. The van der Waals surface area contributed by atoms with E-state index < -0.39 is 0 Å². The Hall–Kier alpha value is -2.99. The smallest absolute Gasteiger partial charge is 0.135 e. The molecule has 1 aliphatic heterocycles. The third-order valence-corrected chi connectivity index (χ3v) is 4.16. The van der Waals surface area contributed by atoms with E-state index >= 15 is 0 Å². The van der Waals surface area contributed by atoms with Crippen LogP contribution in [0.2, 0.25) is 0 Å². The van der Waals surface area contributed by atoms with E-state index in [1.165, 1.54) is 0 Å². The van der Waals surface area contributed by atoms with Crippen LogP contribution in [0, 0.1) is 0 Å². The van der Waals surface area contributed by atoms with Gasteiger partial charge in [0.25, 0.3) is 0 Å². The van der Waals surface area contributed by atoms with Gasteiger partial charge in [-0.3, -0.25) is 9.98 Å². The van der Waals surface area contributed by atoms with Crippen LogP contribution in [0.3, 0.4) is 0 Å². The molecular weight excluding hydrogens is 314 g/mol. The second-order valence-corrected chi connectivity index (χ2v) is 5.80. The number of nitrogens with one attached hydrogen (secondary N) is 2. The molecular formula is C19H19N5O. The first-order valence-corrected chi connectivity index (χ1v) is 8.22. The number of methoxy groups -OCH3 is 1. The van der Waals surface area contributed by atoms with Crippen molar-refractivity contribution < 1.29 is 4.74 Å². The fourth-order valence-electron chi connectivity index (χ4n) is 2.93. The van der Waals surface area contributed by atoms with E-state index in [2.05, 4.69) is 37.7 Å². The second kappa shape index (κ2) is 6.86. The van der Waals surface area contributed by atoms with Crippen molar-refractivity contribution in [3.63, 3.8) is 0 Å². The van der Waals surface area contributed by atoms with Gasteiger partial charge in [-0.05, 0) is 41.8 Å². The summed E-state index contributed by atoms with van der Waals surface area (Å²) < 4.78 is 5.08. The fourth-order valence-corrected chi connectivity index (χ4v) is 2.93. The number of benzene rings is 1. The highest BCUT2D eigenvalue weighted by Gasteiger charge is 2.16. The second-order valence-electron chi connectivity index (χ2n) is 5.80. The van der Waals surface area contributed by atoms with Crippen molar-refractivity contribution in [2.75, 3.05) is 30.9 Å². The quantitative estimate of drug-likeness (QED) is 0.702. The molecule has 0 radical (unpaired) electrons. The van der Waals surface area contributed by atoms with Crippen LogP contribution in [-0.2, 0) is 11.3 Å². The number of hydrogen-bond donors (Lipinski definition) is 2. The van der Waals surface area contributed by atoms with Crippen molar-refractivity contribution in [2.24, 2.45) is 4.99 Å². The Morgan fingerprint density at radius 3 is 3.00 bits per heavy atom. The zero-order chi connectivity index (χ0) is 17.1. The fraction of sp³-hybridized carbons (Fsp3) is 0.211. The van der Waals surface area contributed by atoms with E-state index in [0.29, 0.717) is 13.2 Å². The molecule has 0 unspecified atom stereocenters. The molecule has 0 amide bonds. The van der Waals surface area contributed by atoms with Crippen molar-refractivity contribution in [1.82, 2.24) is 9.97 Å². The molecule has 2 aromatic heterocycles. The Bertz CT molecular complexity index is 938. The van der Waals surface area contributed by atoms with Crippen molar-refractivity contribution >= 4 is 28.1 Å². The Morgan fingerprint density at radius 2 is 2.08 bits per heavy atom. The van der Waals surface area contributed by atoms with Gasteiger partial charge in [0.1, 0.15) is 11.7 Å². The lowest BCUT2D eigenvalue weighted by atomic mass is 10.1. The summed E-state index contributed by atoms with van der Waals surface area (Å²) >= 11 is 0. The molecule has 3 heterocycles. The first kappa shape index (κ1) is 15.5. The van der Waals surface area contributed by atoms with E-state index in [0.717, 1.165) is 45.9 Å². The van der Waals surface area contributed by atoms with E-state index in [1.54, 1.807) is 13.3 Å². The maximum atomic E-state index is 5.08. The molecule has 1 aromatic carbocycles. The molecule has 6 nitrogen and oxygen atoms in total. The van der Waals surface area contributed by atoms with Crippen molar-refractivity contribution in [1.29, 1.82) is 0 Å². The first-order valence-electron chi connectivity index (χ1n) is 8.22. The molecule has 0 spiro atoms. The molecule has 0 fully saturated rings. The molecule has 6 heteroatoms. The number of ether oxygens (including phenoxy) is 1. The number of pyridine rings is 2. The van der Waals surface area contributed by atoms with Gasteiger partial charge in [0, 0.05) is 42.7 Å². The van der Waals surface area contributed by atoms with Crippen molar-refractivity contribution in [2.45, 2.75) is 6.54 Å². The van der Waals surface area contributed by atoms with Crippen LogP contribution in [0.25, 0.3) is 10.8 Å². The van der Waals surface area contributed by atoms with E-state index in [9.17, 15) is 0 Å². The summed E-state index contributed by atoms with van der Waals surface area (Å²) in [7, 11) is 1.69. The van der Waals surface area contributed by atoms with Gasteiger partial charge in [-0.25, -0.2) is 4.98 Å². The third-order valence-electron chi connectivity index (χ3n) is 4.16. The molecule has 3 aromatic rings. The number of hydrogen-bond acceptors (Lipinski definition) is 6. The largest absolute Gasteiger partial charge is 0.383 e. The maximum Gasteiger partial charge on any atom is 0.135 e. The Kier molecular flexibility index (Phi) is 4.26. The van der Waals surface area contributed by atoms with Gasteiger partial charge in [-0.2, -0.15) is 0 Å². The van der Waals surface area contributed by atoms with Crippen molar-refractivity contribution in [3.05, 3.63) is 60.0 Å². The molecule has 0 aliphatic carbocycles. The van der Waals surface area contributed by atoms with Gasteiger partial charge in [0.15, 0.2) is 0 Å². The lowest BCUT2D eigenvalue weighted by Crippen LogP contribution is -2.12. The summed E-state index contributed by atoms with van der Waals surface area (Å²) in [6.45, 7) is 2.00. The molecule has 126 valence electrons. The molecule has 4 rings (SSSR count). The van der Waals surface area contributed by atoms with Crippen LogP contribution in [0.4, 0.5) is 11.5 Å². The molecule has 1 aliphatic rings. The summed E-state index contributed by atoms with van der Waals surface area (Å²) in [5, 5.41) is 8.91. The number of aliphatic imine (C=N–C) groups is 1. The average molecular weight is 333 g/mol. The van der Waals surface area contributed by atoms with Gasteiger partial charge in [-0.1, -0.05) is 0 Å². The van der Waals surface area contributed by atoms with Crippen LogP contribution in [0.5, 0.6) is 0 Å². The first-order chi connectivity index (χ1) is 12.3. The van der Waals surface area contributed by atoms with Crippen molar-refractivity contribution in [3.8, 4) is 0 Å². The monoisotopic (exact) mass is 333 g/mol. The standard InChI is InChI=1S/C19H19N5O/c1-25-10-9-22-18-15-5-4-14(11-13(15)6-8-21-18)24-19-16-3-2-7-20-17(16)12-23-19/h2-8,11H,9-10,12H2,1H3,(H,21,22)(H,23,24). The van der Waals surface area contributed by atoms with E-state index in [4.69, 9.17) is 4.74 Å². The number of anilines is 2. The summed E-state index contributed by atoms with van der Waals surface area (Å²) in [6, 6.07) is 12.2. The van der Waals surface area contributed by atoms with Gasteiger partial charge < -0.3 is 15.4 Å². The predicted molar refractivity (Wildman–Crippen MR) is 100 cm³/mol. The topological polar surface area (TPSA) is 71.4 Å². The number of nitrogens with zero attached hydrogens (tertiary/aromatic N) is 3. The molecule has 0 saturated carbocycles. The zero-order valence-corrected chi connectivity index (χ0v) is 14.0. The highest BCUT2D eigenvalue weighted by Crippen LogP contribution is 2.25. The minimum Gasteiger partial charge on any atom is -0.383 e. The summed E-state index contributed by atoms with van der Waals surface area (Å²) in [6.07, 6.45) is 3.62. The minimum absolute atomic E-state index is 0.629. The molecule has 0 bridgehead atoms. The molecule has 25 heavy (non-hydrogen) atoms. The van der Waals surface area contributed by atoms with Gasteiger partial charge in [0.2, 0.25) is 0 Å². The zero-order valence-electron chi connectivity index (χ0n) is 14.0. The molecule has 0 saturated heterocycles. The van der Waals surface area contributed by atoms with Gasteiger partial charge in [-0.15, -0.1) is 0 Å². The summed E-state index contributed by atoms with van der Waals surface area (Å²) in [5.41, 5.74) is 3.08. The Balaban J connectivity index is 1.58. The van der Waals surface area contributed by atoms with Crippen LogP contribution < -0.4 is 10.6 Å². The predicted octanol–water partition coefficient (Wildman–Crippen LogP) is 3.06. The number of fused-ring (bicyclic) bond motifs is 2. The van der Waals surface area contributed by atoms with Gasteiger partial charge in [0.05, 0.1) is 18.8 Å². The third kappa shape index (κ3) is 3.16. The van der Waals surface area contributed by atoms with E-state index in [-0.39, 0.29) is 0 Å². The SMILES string of the molecule is COCCNc1nccc2cc(NC3=NCc4ncccc43)ccc12. The lowest BCUT2D eigenvalue weighted by Gasteiger charge is -2.11. The molecule has 0 atom stereocenters. The highest BCUT2D eigenvalue weighted by atomic mass is 16.5. The highest BCUT2D eigenvalue weighted by molar-refractivity contribution is 6.11. The van der Waals surface area contributed by atoms with Gasteiger partial charge >= 0.3 is 0 Å². The lowest BCUT2D eigenvalue weighted by molar-refractivity contribution is 0.210. The summed E-state index contributed by atoms with van der Waals surface area (Å²) in [5.74, 6) is 1.74.